The molecule has 2 aliphatic rings. The van der Waals surface area contributed by atoms with E-state index in [1.54, 1.807) is 24.3 Å². The molecule has 2 N–H and O–H groups in total. The van der Waals surface area contributed by atoms with Gasteiger partial charge >= 0.3 is 0 Å². The molecule has 0 bridgehead atoms. The number of sulfonamides is 1. The minimum absolute atomic E-state index is 0.0465. The molecule has 0 unspecified atom stereocenters. The Balaban J connectivity index is 1.29. The van der Waals surface area contributed by atoms with Crippen molar-refractivity contribution in [3.05, 3.63) is 71.8 Å². The summed E-state index contributed by atoms with van der Waals surface area (Å²) >= 11 is 0. The molecule has 0 spiro atoms. The molecule has 3 aromatic carbocycles. The van der Waals surface area contributed by atoms with Crippen molar-refractivity contribution in [1.82, 2.24) is 0 Å². The maximum Gasteiger partial charge on any atom is 0.262 e. The van der Waals surface area contributed by atoms with Gasteiger partial charge in [0.15, 0.2) is 11.5 Å². The second kappa shape index (κ2) is 9.50. The van der Waals surface area contributed by atoms with Crippen molar-refractivity contribution in [3.8, 4) is 11.5 Å². The summed E-state index contributed by atoms with van der Waals surface area (Å²) < 4.78 is 39.3. The van der Waals surface area contributed by atoms with Crippen molar-refractivity contribution >= 4 is 33.0 Å². The number of hydrogen-bond acceptors (Lipinski definition) is 6. The molecular weight excluding hydrogens is 466 g/mol. The van der Waals surface area contributed by atoms with Crippen LogP contribution in [0.3, 0.4) is 0 Å². The van der Waals surface area contributed by atoms with Crippen molar-refractivity contribution in [2.75, 3.05) is 41.2 Å². The van der Waals surface area contributed by atoms with Gasteiger partial charge in [-0.3, -0.25) is 9.52 Å². The number of benzene rings is 3. The Kier molecular flexibility index (Phi) is 6.25. The molecule has 8 nitrogen and oxygen atoms in total. The fourth-order valence-corrected chi connectivity index (χ4v) is 5.44. The van der Waals surface area contributed by atoms with Crippen LogP contribution in [0.15, 0.2) is 65.6 Å². The summed E-state index contributed by atoms with van der Waals surface area (Å²) in [6, 6.07) is 16.7. The Labute approximate surface area is 204 Å². The lowest BCUT2D eigenvalue weighted by Crippen LogP contribution is -2.19. The number of anilines is 3. The van der Waals surface area contributed by atoms with Crippen molar-refractivity contribution < 1.29 is 22.7 Å². The smallest absolute Gasteiger partial charge is 0.262 e. The highest BCUT2D eigenvalue weighted by Gasteiger charge is 2.20. The van der Waals surface area contributed by atoms with Crippen LogP contribution in [0.2, 0.25) is 0 Å². The van der Waals surface area contributed by atoms with E-state index in [2.05, 4.69) is 14.9 Å². The van der Waals surface area contributed by atoms with E-state index in [4.69, 9.17) is 9.47 Å². The van der Waals surface area contributed by atoms with E-state index in [-0.39, 0.29) is 16.5 Å². The van der Waals surface area contributed by atoms with Gasteiger partial charge in [0.25, 0.3) is 15.9 Å². The molecule has 0 radical (unpaired) electrons. The van der Waals surface area contributed by atoms with Gasteiger partial charge in [0, 0.05) is 41.8 Å². The zero-order valence-electron chi connectivity index (χ0n) is 19.4. The second-order valence-corrected chi connectivity index (χ2v) is 10.3. The molecule has 5 rings (SSSR count). The predicted molar refractivity (Wildman–Crippen MR) is 135 cm³/mol. The zero-order valence-corrected chi connectivity index (χ0v) is 20.2. The molecule has 3 aromatic rings. The number of fused-ring (bicyclic) bond motifs is 1. The molecule has 2 heterocycles. The number of nitrogens with zero attached hydrogens (tertiary/aromatic N) is 1. The quantitative estimate of drug-likeness (QED) is 0.528. The van der Waals surface area contributed by atoms with Gasteiger partial charge in [-0.2, -0.15) is 0 Å². The summed E-state index contributed by atoms with van der Waals surface area (Å²) in [6.07, 6.45) is 2.40. The van der Waals surface area contributed by atoms with Crippen molar-refractivity contribution in [3.63, 3.8) is 0 Å². The van der Waals surface area contributed by atoms with Crippen LogP contribution in [0.5, 0.6) is 11.5 Å². The van der Waals surface area contributed by atoms with Gasteiger partial charge in [-0.05, 0) is 73.9 Å². The minimum Gasteiger partial charge on any atom is -0.486 e. The lowest BCUT2D eigenvalue weighted by atomic mass is 10.1. The van der Waals surface area contributed by atoms with E-state index in [0.717, 1.165) is 18.7 Å². The van der Waals surface area contributed by atoms with E-state index < -0.39 is 10.0 Å². The first-order valence-electron chi connectivity index (χ1n) is 11.6. The van der Waals surface area contributed by atoms with Gasteiger partial charge in [-0.15, -0.1) is 0 Å². The molecule has 182 valence electrons. The van der Waals surface area contributed by atoms with Crippen molar-refractivity contribution in [2.24, 2.45) is 0 Å². The third kappa shape index (κ3) is 5.05. The van der Waals surface area contributed by atoms with E-state index in [1.165, 1.54) is 36.7 Å². The number of hydrogen-bond donors (Lipinski definition) is 2. The van der Waals surface area contributed by atoms with Crippen LogP contribution in [0, 0.1) is 6.92 Å². The third-order valence-electron chi connectivity index (χ3n) is 6.10. The average Bonchev–Trinajstić information content (AvgIpc) is 3.38. The molecule has 1 amide bonds. The summed E-state index contributed by atoms with van der Waals surface area (Å²) in [6.45, 7) is 4.94. The lowest BCUT2D eigenvalue weighted by molar-refractivity contribution is 0.102. The third-order valence-corrected chi connectivity index (χ3v) is 7.48. The van der Waals surface area contributed by atoms with Gasteiger partial charge in [0.1, 0.15) is 13.2 Å². The predicted octanol–water partition coefficient (Wildman–Crippen LogP) is 4.42. The topological polar surface area (TPSA) is 97.0 Å². The molecule has 0 aromatic heterocycles. The number of ether oxygens (including phenoxy) is 2. The highest BCUT2D eigenvalue weighted by atomic mass is 32.2. The van der Waals surface area contributed by atoms with Gasteiger partial charge in [-0.25, -0.2) is 8.42 Å². The number of nitrogens with one attached hydrogen (secondary N) is 2. The zero-order chi connectivity index (χ0) is 24.4. The van der Waals surface area contributed by atoms with E-state index in [0.29, 0.717) is 36.0 Å². The fourth-order valence-electron chi connectivity index (χ4n) is 4.38. The normalized spacial score (nSPS) is 15.1. The van der Waals surface area contributed by atoms with Crippen molar-refractivity contribution in [2.45, 2.75) is 24.7 Å². The number of rotatable bonds is 6. The summed E-state index contributed by atoms with van der Waals surface area (Å²) in [4.78, 5) is 15.3. The highest BCUT2D eigenvalue weighted by Crippen LogP contribution is 2.33. The SMILES string of the molecule is Cc1cc(NC(=O)c2cccc(NS(=O)(=O)c3ccc4c(c3)OCCO4)c2)ccc1N1CCCC1. The van der Waals surface area contributed by atoms with E-state index in [1.807, 2.05) is 25.1 Å². The van der Waals surface area contributed by atoms with Crippen LogP contribution in [0.4, 0.5) is 17.1 Å². The summed E-state index contributed by atoms with van der Waals surface area (Å²) in [5, 5.41) is 2.91. The standard InChI is InChI=1S/C26H27N3O5S/c1-18-15-20(7-9-23(18)29-11-2-3-12-29)27-26(30)19-5-4-6-21(16-19)28-35(31,32)22-8-10-24-25(17-22)34-14-13-33-24/h4-10,15-17,28H,2-3,11-14H2,1H3,(H,27,30). The highest BCUT2D eigenvalue weighted by molar-refractivity contribution is 7.92. The van der Waals surface area contributed by atoms with Crippen LogP contribution in [0.1, 0.15) is 28.8 Å². The molecule has 0 atom stereocenters. The first-order chi connectivity index (χ1) is 16.9. The number of aryl methyl sites for hydroxylation is 1. The van der Waals surface area contributed by atoms with Crippen LogP contribution in [0.25, 0.3) is 0 Å². The van der Waals surface area contributed by atoms with Crippen LogP contribution < -0.4 is 24.4 Å². The molecule has 0 aliphatic carbocycles. The molecule has 1 saturated heterocycles. The first-order valence-corrected chi connectivity index (χ1v) is 13.1. The van der Waals surface area contributed by atoms with Gasteiger partial charge in [-0.1, -0.05) is 6.07 Å². The Morgan fingerprint density at radius 1 is 0.886 bits per heavy atom. The van der Waals surface area contributed by atoms with Crippen LogP contribution >= 0.6 is 0 Å². The summed E-state index contributed by atoms with van der Waals surface area (Å²) in [5.74, 6) is 0.578. The molecule has 0 saturated carbocycles. The fraction of sp³-hybridized carbons (Fsp3) is 0.269. The molecule has 2 aliphatic heterocycles. The number of carbonyl (C=O) groups is 1. The Hall–Kier alpha value is -3.72. The maximum absolute atomic E-state index is 12.9. The van der Waals surface area contributed by atoms with Crippen LogP contribution in [-0.2, 0) is 10.0 Å². The largest absolute Gasteiger partial charge is 0.486 e. The first kappa shape index (κ1) is 23.0. The number of carbonyl (C=O) groups excluding carboxylic acids is 1. The van der Waals surface area contributed by atoms with Gasteiger partial charge in [0.05, 0.1) is 4.90 Å². The Morgan fingerprint density at radius 2 is 1.66 bits per heavy atom. The van der Waals surface area contributed by atoms with Crippen molar-refractivity contribution in [1.29, 1.82) is 0 Å². The van der Waals surface area contributed by atoms with Gasteiger partial charge < -0.3 is 19.7 Å². The van der Waals surface area contributed by atoms with Crippen LogP contribution in [-0.4, -0.2) is 40.6 Å². The van der Waals surface area contributed by atoms with E-state index in [9.17, 15) is 13.2 Å². The second-order valence-electron chi connectivity index (χ2n) is 8.64. The summed E-state index contributed by atoms with van der Waals surface area (Å²) in [5.41, 5.74) is 3.61. The molecule has 9 heteroatoms. The molecule has 35 heavy (non-hydrogen) atoms. The summed E-state index contributed by atoms with van der Waals surface area (Å²) in [7, 11) is -3.89. The number of amides is 1. The minimum atomic E-state index is -3.89. The molecule has 1 fully saturated rings. The van der Waals surface area contributed by atoms with Gasteiger partial charge in [0.2, 0.25) is 0 Å². The van der Waals surface area contributed by atoms with E-state index >= 15 is 0 Å². The average molecular weight is 494 g/mol. The molecular formula is C26H27N3O5S. The lowest BCUT2D eigenvalue weighted by Gasteiger charge is -2.20. The monoisotopic (exact) mass is 493 g/mol. The Morgan fingerprint density at radius 3 is 2.43 bits per heavy atom. The Bertz CT molecular complexity index is 1370. The maximum atomic E-state index is 12.9.